The lowest BCUT2D eigenvalue weighted by Crippen LogP contribution is -2.69. The zero-order valence-electron chi connectivity index (χ0n) is 15.4. The number of alkyl halides is 3. The van der Waals surface area contributed by atoms with Crippen LogP contribution in [0, 0.1) is 16.0 Å². The van der Waals surface area contributed by atoms with Crippen molar-refractivity contribution in [3.63, 3.8) is 0 Å². The van der Waals surface area contributed by atoms with E-state index >= 15 is 0 Å². The average molecular weight is 423 g/mol. The molecule has 2 aromatic rings. The van der Waals surface area contributed by atoms with E-state index in [-0.39, 0.29) is 22.4 Å². The first-order chi connectivity index (χ1) is 13.5. The van der Waals surface area contributed by atoms with Crippen molar-refractivity contribution in [3.8, 4) is 5.75 Å². The van der Waals surface area contributed by atoms with Gasteiger partial charge in [-0.15, -0.1) is 0 Å². The van der Waals surface area contributed by atoms with Crippen LogP contribution in [0.1, 0.15) is 31.0 Å². The maximum Gasteiger partial charge on any atom is 0.418 e. The van der Waals surface area contributed by atoms with Crippen LogP contribution < -0.4 is 15.0 Å². The fourth-order valence-electron chi connectivity index (χ4n) is 3.99. The molecule has 152 valence electrons. The average Bonchev–Trinajstić information content (AvgIpc) is 2.63. The van der Waals surface area contributed by atoms with E-state index in [0.717, 1.165) is 6.07 Å². The lowest BCUT2D eigenvalue weighted by atomic mass is 9.80. The van der Waals surface area contributed by atoms with Crippen LogP contribution in [0.15, 0.2) is 42.5 Å². The molecule has 0 aliphatic carbocycles. The smallest absolute Gasteiger partial charge is 0.418 e. The third-order valence-corrected chi connectivity index (χ3v) is 5.88. The summed E-state index contributed by atoms with van der Waals surface area (Å²) in [6.45, 7) is 3.49. The lowest BCUT2D eigenvalue weighted by molar-refractivity contribution is -0.385. The minimum Gasteiger partial charge on any atom is -0.467 e. The summed E-state index contributed by atoms with van der Waals surface area (Å²) >= 11 is 5.42. The number of thiocarbonyl (C=S) groups is 1. The molecule has 6 nitrogen and oxygen atoms in total. The van der Waals surface area contributed by atoms with Crippen LogP contribution in [-0.4, -0.2) is 15.8 Å². The number of para-hydroxylation sites is 1. The summed E-state index contributed by atoms with van der Waals surface area (Å²) in [6, 6.07) is 8.91. The van der Waals surface area contributed by atoms with Crippen LogP contribution in [0.5, 0.6) is 5.75 Å². The highest BCUT2D eigenvalue weighted by molar-refractivity contribution is 7.80. The van der Waals surface area contributed by atoms with Gasteiger partial charge in [0.2, 0.25) is 0 Å². The monoisotopic (exact) mass is 423 g/mol. The predicted molar refractivity (Wildman–Crippen MR) is 104 cm³/mol. The zero-order chi connectivity index (χ0) is 21.1. The SMILES string of the molecule is CC1C2NC(=S)N(c3ccccc3C(F)(F)F)C1(C)Oc1ccc([N+](=O)[O-])cc12. The van der Waals surface area contributed by atoms with Gasteiger partial charge in [-0.3, -0.25) is 15.0 Å². The Bertz CT molecular complexity index is 1030. The van der Waals surface area contributed by atoms with E-state index in [1.807, 2.05) is 6.92 Å². The Morgan fingerprint density at radius 3 is 2.62 bits per heavy atom. The fraction of sp³-hybridized carbons (Fsp3) is 0.316. The number of ether oxygens (including phenoxy) is 1. The molecule has 0 saturated carbocycles. The Kier molecular flexibility index (Phi) is 4.23. The molecule has 2 aliphatic rings. The molecular weight excluding hydrogens is 407 g/mol. The molecule has 1 fully saturated rings. The summed E-state index contributed by atoms with van der Waals surface area (Å²) in [4.78, 5) is 12.0. The summed E-state index contributed by atoms with van der Waals surface area (Å²) in [7, 11) is 0. The highest BCUT2D eigenvalue weighted by Gasteiger charge is 2.55. The van der Waals surface area contributed by atoms with Crippen LogP contribution in [0.3, 0.4) is 0 Å². The fourth-order valence-corrected chi connectivity index (χ4v) is 4.39. The number of rotatable bonds is 2. The Labute approximate surface area is 169 Å². The first-order valence-electron chi connectivity index (χ1n) is 8.78. The third kappa shape index (κ3) is 2.89. The number of nitro groups is 1. The highest BCUT2D eigenvalue weighted by atomic mass is 32.1. The summed E-state index contributed by atoms with van der Waals surface area (Å²) in [5.74, 6) is -0.00400. The Morgan fingerprint density at radius 2 is 1.97 bits per heavy atom. The molecule has 4 rings (SSSR count). The van der Waals surface area contributed by atoms with Gasteiger partial charge < -0.3 is 10.1 Å². The molecule has 2 aromatic carbocycles. The number of benzene rings is 2. The number of nitrogens with one attached hydrogen (secondary N) is 1. The van der Waals surface area contributed by atoms with Gasteiger partial charge in [-0.2, -0.15) is 13.2 Å². The topological polar surface area (TPSA) is 67.6 Å². The molecule has 3 atom stereocenters. The van der Waals surface area contributed by atoms with E-state index in [4.69, 9.17) is 17.0 Å². The number of hydrogen-bond donors (Lipinski definition) is 1. The first kappa shape index (κ1) is 19.4. The normalized spacial score (nSPS) is 25.7. The van der Waals surface area contributed by atoms with Crippen LogP contribution in [0.4, 0.5) is 24.5 Å². The molecule has 0 spiro atoms. The molecule has 0 amide bonds. The number of hydrogen-bond acceptors (Lipinski definition) is 4. The molecule has 0 aromatic heterocycles. The Balaban J connectivity index is 1.87. The van der Waals surface area contributed by atoms with Gasteiger partial charge in [0.05, 0.1) is 22.2 Å². The van der Waals surface area contributed by atoms with Crippen LogP contribution in [-0.2, 0) is 6.18 Å². The van der Waals surface area contributed by atoms with Gasteiger partial charge in [-0.1, -0.05) is 19.1 Å². The van der Waals surface area contributed by atoms with E-state index in [1.165, 1.54) is 41.3 Å². The maximum absolute atomic E-state index is 13.6. The third-order valence-electron chi connectivity index (χ3n) is 5.58. The van der Waals surface area contributed by atoms with Crippen molar-refractivity contribution in [1.29, 1.82) is 0 Å². The van der Waals surface area contributed by atoms with E-state index in [1.54, 1.807) is 6.92 Å². The second-order valence-corrected chi connectivity index (χ2v) is 7.59. The highest BCUT2D eigenvalue weighted by Crippen LogP contribution is 2.51. The van der Waals surface area contributed by atoms with Gasteiger partial charge in [0.15, 0.2) is 10.8 Å². The van der Waals surface area contributed by atoms with Gasteiger partial charge in [-0.05, 0) is 37.3 Å². The largest absolute Gasteiger partial charge is 0.467 e. The lowest BCUT2D eigenvalue weighted by Gasteiger charge is -2.56. The van der Waals surface area contributed by atoms with Crippen LogP contribution in [0.2, 0.25) is 0 Å². The van der Waals surface area contributed by atoms with E-state index in [0.29, 0.717) is 11.3 Å². The van der Waals surface area contributed by atoms with Crippen molar-refractivity contribution in [1.82, 2.24) is 5.32 Å². The molecule has 2 aliphatic heterocycles. The second-order valence-electron chi connectivity index (χ2n) is 7.20. The van der Waals surface area contributed by atoms with Crippen molar-refractivity contribution in [3.05, 3.63) is 63.7 Å². The molecule has 1 saturated heterocycles. The molecule has 1 N–H and O–H groups in total. The summed E-state index contributed by atoms with van der Waals surface area (Å²) in [6.07, 6.45) is -4.57. The minimum absolute atomic E-state index is 0.0597. The first-order valence-corrected chi connectivity index (χ1v) is 9.19. The number of anilines is 1. The second kappa shape index (κ2) is 6.31. The van der Waals surface area contributed by atoms with E-state index < -0.39 is 28.4 Å². The van der Waals surface area contributed by atoms with Crippen molar-refractivity contribution in [2.24, 2.45) is 5.92 Å². The maximum atomic E-state index is 13.6. The van der Waals surface area contributed by atoms with Crippen molar-refractivity contribution in [2.45, 2.75) is 31.8 Å². The van der Waals surface area contributed by atoms with Gasteiger partial charge in [-0.25, -0.2) is 0 Å². The Hall–Kier alpha value is -2.88. The molecule has 2 bridgehead atoms. The number of nitro benzene ring substituents is 1. The van der Waals surface area contributed by atoms with Crippen LogP contribution >= 0.6 is 12.2 Å². The zero-order valence-corrected chi connectivity index (χ0v) is 16.2. The van der Waals surface area contributed by atoms with Gasteiger partial charge in [0.1, 0.15) is 5.75 Å². The minimum atomic E-state index is -4.57. The van der Waals surface area contributed by atoms with Crippen molar-refractivity contribution < 1.29 is 22.8 Å². The molecule has 29 heavy (non-hydrogen) atoms. The van der Waals surface area contributed by atoms with Gasteiger partial charge >= 0.3 is 6.18 Å². The molecule has 0 radical (unpaired) electrons. The number of non-ortho nitro benzene ring substituents is 1. The summed E-state index contributed by atoms with van der Waals surface area (Å²) in [5.41, 5.74) is -1.71. The molecule has 10 heteroatoms. The number of nitrogens with zero attached hydrogens (tertiary/aromatic N) is 2. The number of halogens is 3. The van der Waals surface area contributed by atoms with Crippen LogP contribution in [0.25, 0.3) is 0 Å². The summed E-state index contributed by atoms with van der Waals surface area (Å²) in [5, 5.41) is 14.3. The van der Waals surface area contributed by atoms with Crippen molar-refractivity contribution >= 4 is 28.7 Å². The Morgan fingerprint density at radius 1 is 1.28 bits per heavy atom. The number of fused-ring (bicyclic) bond motifs is 4. The predicted octanol–water partition coefficient (Wildman–Crippen LogP) is 4.79. The van der Waals surface area contributed by atoms with E-state index in [2.05, 4.69) is 5.32 Å². The summed E-state index contributed by atoms with van der Waals surface area (Å²) < 4.78 is 47.1. The molecular formula is C19H16F3N3O3S. The van der Waals surface area contributed by atoms with Gasteiger partial charge in [0.25, 0.3) is 5.69 Å². The van der Waals surface area contributed by atoms with Crippen molar-refractivity contribution in [2.75, 3.05) is 4.90 Å². The quantitative estimate of drug-likeness (QED) is 0.425. The van der Waals surface area contributed by atoms with E-state index in [9.17, 15) is 23.3 Å². The molecule has 3 unspecified atom stereocenters. The van der Waals surface area contributed by atoms with Gasteiger partial charge in [0, 0.05) is 23.6 Å². The molecule has 2 heterocycles. The standard InChI is InChI=1S/C19H16F3N3O3S/c1-10-16-12-9-11(25(26)27)7-8-15(12)28-18(10,2)24(17(29)23-16)14-6-4-3-5-13(14)19(20,21)22/h3-10,16H,1-2H3,(H,23,29).